The van der Waals surface area contributed by atoms with Gasteiger partial charge < -0.3 is 52.5 Å². The van der Waals surface area contributed by atoms with Crippen LogP contribution in [-0.2, 0) is 85.2 Å². The molecular formula is C50H56O12. The predicted octanol–water partition coefficient (Wildman–Crippen LogP) is 6.95. The number of carbonyl (C=O) groups excluding carboxylic acids is 1. The molecule has 328 valence electrons. The Morgan fingerprint density at radius 1 is 0.484 bits per heavy atom. The molecule has 2 aliphatic heterocycles. The summed E-state index contributed by atoms with van der Waals surface area (Å²) in [5.74, 6) is -0.616. The maximum Gasteiger partial charge on any atom is 0.303 e. The Balaban J connectivity index is 1.23. The predicted molar refractivity (Wildman–Crippen MR) is 228 cm³/mol. The third-order valence-corrected chi connectivity index (χ3v) is 10.7. The van der Waals surface area contributed by atoms with Crippen LogP contribution in [0.3, 0.4) is 0 Å². The van der Waals surface area contributed by atoms with Gasteiger partial charge in [0.15, 0.2) is 18.7 Å². The molecule has 0 spiro atoms. The van der Waals surface area contributed by atoms with E-state index in [1.165, 1.54) is 6.92 Å². The smallest absolute Gasteiger partial charge is 0.303 e. The molecule has 12 nitrogen and oxygen atoms in total. The highest BCUT2D eigenvalue weighted by Gasteiger charge is 2.54. The van der Waals surface area contributed by atoms with Gasteiger partial charge in [0.1, 0.15) is 42.7 Å². The Hall–Kier alpha value is -4.83. The molecule has 0 aliphatic carbocycles. The lowest BCUT2D eigenvalue weighted by Gasteiger charge is -2.49. The minimum Gasteiger partial charge on any atom is -0.454 e. The van der Waals surface area contributed by atoms with Crippen molar-refractivity contribution in [2.24, 2.45) is 0 Å². The number of esters is 1. The average Bonchev–Trinajstić information content (AvgIpc) is 3.31. The van der Waals surface area contributed by atoms with Crippen LogP contribution in [0.1, 0.15) is 34.7 Å². The molecule has 2 saturated heterocycles. The summed E-state index contributed by atoms with van der Waals surface area (Å²) in [5, 5.41) is 12.0. The topological polar surface area (TPSA) is 130 Å². The Kier molecular flexibility index (Phi) is 17.2. The van der Waals surface area contributed by atoms with Gasteiger partial charge in [-0.05, 0) is 27.8 Å². The maximum absolute atomic E-state index is 12.9. The maximum atomic E-state index is 12.9. The van der Waals surface area contributed by atoms with Crippen LogP contribution in [-0.4, -0.2) is 92.8 Å². The van der Waals surface area contributed by atoms with E-state index < -0.39 is 67.4 Å². The van der Waals surface area contributed by atoms with Crippen molar-refractivity contribution in [3.63, 3.8) is 0 Å². The fraction of sp³-hybridized carbons (Fsp3) is 0.380. The van der Waals surface area contributed by atoms with Gasteiger partial charge in [-0.25, -0.2) is 0 Å². The van der Waals surface area contributed by atoms with E-state index in [1.54, 1.807) is 7.11 Å². The van der Waals surface area contributed by atoms with Crippen LogP contribution < -0.4 is 0 Å². The SMILES string of the molecule is CO[C@H]1OC(COCc2ccccc2)[C@H](O[C@@H]2OC(COCc3ccccc3)[C@@H](O)C(OCc3ccccc3)C2OC(C)=O)C(OCc2ccccc2)C1OCc1ccccc1. The second-order valence-corrected chi connectivity index (χ2v) is 15.3. The van der Waals surface area contributed by atoms with Crippen molar-refractivity contribution < 1.29 is 57.3 Å². The Bertz CT molecular complexity index is 2010. The fourth-order valence-corrected chi connectivity index (χ4v) is 7.57. The molecule has 12 heteroatoms. The number of benzene rings is 5. The number of hydrogen-bond acceptors (Lipinski definition) is 12. The quantitative estimate of drug-likeness (QED) is 0.0768. The Morgan fingerprint density at radius 2 is 0.871 bits per heavy atom. The van der Waals surface area contributed by atoms with Crippen LogP contribution in [0.15, 0.2) is 152 Å². The molecule has 7 rings (SSSR count). The third kappa shape index (κ3) is 12.9. The lowest BCUT2D eigenvalue weighted by molar-refractivity contribution is -0.370. The average molecular weight is 849 g/mol. The molecular weight excluding hydrogens is 793 g/mol. The molecule has 5 aromatic carbocycles. The zero-order valence-electron chi connectivity index (χ0n) is 35.1. The molecule has 62 heavy (non-hydrogen) atoms. The lowest BCUT2D eigenvalue weighted by Crippen LogP contribution is -2.66. The zero-order valence-corrected chi connectivity index (χ0v) is 35.1. The van der Waals surface area contributed by atoms with Crippen LogP contribution in [0.5, 0.6) is 0 Å². The fourth-order valence-electron chi connectivity index (χ4n) is 7.57. The molecule has 6 unspecified atom stereocenters. The van der Waals surface area contributed by atoms with E-state index in [2.05, 4.69) is 0 Å². The van der Waals surface area contributed by atoms with Crippen molar-refractivity contribution >= 4 is 5.97 Å². The molecule has 0 aromatic heterocycles. The largest absolute Gasteiger partial charge is 0.454 e. The van der Waals surface area contributed by atoms with E-state index in [9.17, 15) is 9.90 Å². The highest BCUT2D eigenvalue weighted by atomic mass is 16.8. The summed E-state index contributed by atoms with van der Waals surface area (Å²) in [4.78, 5) is 12.9. The van der Waals surface area contributed by atoms with Crippen molar-refractivity contribution in [1.82, 2.24) is 0 Å². The first-order valence-electron chi connectivity index (χ1n) is 21.0. The van der Waals surface area contributed by atoms with Gasteiger partial charge >= 0.3 is 5.97 Å². The van der Waals surface area contributed by atoms with Gasteiger partial charge in [-0.1, -0.05) is 152 Å². The number of rotatable bonds is 21. The number of methoxy groups -OCH3 is 1. The molecule has 0 saturated carbocycles. The Labute approximate surface area is 363 Å². The van der Waals surface area contributed by atoms with Crippen LogP contribution >= 0.6 is 0 Å². The molecule has 2 heterocycles. The van der Waals surface area contributed by atoms with E-state index in [0.717, 1.165) is 27.8 Å². The monoisotopic (exact) mass is 848 g/mol. The Morgan fingerprint density at radius 3 is 1.31 bits per heavy atom. The van der Waals surface area contributed by atoms with Gasteiger partial charge in [-0.2, -0.15) is 0 Å². The van der Waals surface area contributed by atoms with E-state index in [4.69, 9.17) is 47.4 Å². The van der Waals surface area contributed by atoms with E-state index in [0.29, 0.717) is 6.61 Å². The van der Waals surface area contributed by atoms with Crippen LogP contribution in [0, 0.1) is 0 Å². The van der Waals surface area contributed by atoms with Crippen molar-refractivity contribution in [1.29, 1.82) is 0 Å². The standard InChI is InChI=1S/C50H56O12/c1-35(51)59-48-45(56-30-38-22-12-5-13-23-38)43(52)41(33-54-28-36-18-8-3-9-19-36)60-50(48)62-44-42(34-55-29-37-20-10-4-11-21-37)61-49(53-2)47(58-32-40-26-16-7-17-27-40)46(44)57-31-39-24-14-6-15-25-39/h3-27,41-50,52H,28-34H2,1-2H3/t41?,42?,43-,44+,45?,46?,47?,48?,49+,50+/m1/s1. The summed E-state index contributed by atoms with van der Waals surface area (Å²) >= 11 is 0. The molecule has 10 atom stereocenters. The van der Waals surface area contributed by atoms with Crippen LogP contribution in [0.2, 0.25) is 0 Å². The normalized spacial score (nSPS) is 26.2. The van der Waals surface area contributed by atoms with Crippen molar-refractivity contribution in [2.75, 3.05) is 20.3 Å². The molecule has 1 N–H and O–H groups in total. The second kappa shape index (κ2) is 23.6. The second-order valence-electron chi connectivity index (χ2n) is 15.3. The molecule has 0 radical (unpaired) electrons. The first kappa shape index (κ1) is 45.2. The number of hydrogen-bond donors (Lipinski definition) is 1. The molecule has 5 aromatic rings. The third-order valence-electron chi connectivity index (χ3n) is 10.7. The van der Waals surface area contributed by atoms with Gasteiger partial charge in [0.05, 0.1) is 46.2 Å². The molecule has 2 aliphatic rings. The molecule has 0 bridgehead atoms. The van der Waals surface area contributed by atoms with Gasteiger partial charge in [0, 0.05) is 14.0 Å². The van der Waals surface area contributed by atoms with Gasteiger partial charge in [-0.15, -0.1) is 0 Å². The zero-order chi connectivity index (χ0) is 42.9. The number of carbonyl (C=O) groups is 1. The van der Waals surface area contributed by atoms with Gasteiger partial charge in [0.25, 0.3) is 0 Å². The minimum atomic E-state index is -1.31. The van der Waals surface area contributed by atoms with Crippen molar-refractivity contribution in [2.45, 2.75) is 101 Å². The summed E-state index contributed by atoms with van der Waals surface area (Å²) < 4.78 is 64.6. The number of ether oxygens (including phenoxy) is 10. The number of aliphatic hydroxyl groups excluding tert-OH is 1. The van der Waals surface area contributed by atoms with Gasteiger partial charge in [0.2, 0.25) is 0 Å². The van der Waals surface area contributed by atoms with Crippen molar-refractivity contribution in [3.05, 3.63) is 179 Å². The van der Waals surface area contributed by atoms with Crippen LogP contribution in [0.25, 0.3) is 0 Å². The minimum absolute atomic E-state index is 0.0266. The van der Waals surface area contributed by atoms with Crippen molar-refractivity contribution in [3.8, 4) is 0 Å². The first-order valence-corrected chi connectivity index (χ1v) is 21.0. The van der Waals surface area contributed by atoms with E-state index in [-0.39, 0.29) is 39.6 Å². The summed E-state index contributed by atoms with van der Waals surface area (Å²) in [7, 11) is 1.55. The van der Waals surface area contributed by atoms with Gasteiger partial charge in [-0.3, -0.25) is 4.79 Å². The first-order chi connectivity index (χ1) is 30.4. The highest BCUT2D eigenvalue weighted by Crippen LogP contribution is 2.35. The summed E-state index contributed by atoms with van der Waals surface area (Å²) in [5.41, 5.74) is 4.64. The van der Waals surface area contributed by atoms with Crippen LogP contribution in [0.4, 0.5) is 0 Å². The van der Waals surface area contributed by atoms with E-state index >= 15 is 0 Å². The summed E-state index contributed by atoms with van der Waals surface area (Å²) in [6.07, 6.45) is -10.2. The molecule has 0 amide bonds. The lowest BCUT2D eigenvalue weighted by atomic mass is 9.96. The summed E-state index contributed by atoms with van der Waals surface area (Å²) in [6, 6.07) is 48.6. The summed E-state index contributed by atoms with van der Waals surface area (Å²) in [6.45, 7) is 2.42. The van der Waals surface area contributed by atoms with E-state index in [1.807, 2.05) is 152 Å². The number of aliphatic hydroxyl groups is 1. The highest BCUT2D eigenvalue weighted by molar-refractivity contribution is 5.66. The molecule has 2 fully saturated rings.